The van der Waals surface area contributed by atoms with Crippen LogP contribution in [-0.4, -0.2) is 30.0 Å². The molecular formula is C18H12Cl2N4O4. The molecule has 1 fully saturated rings. The van der Waals surface area contributed by atoms with Crippen LogP contribution >= 0.6 is 23.2 Å². The van der Waals surface area contributed by atoms with E-state index in [1.165, 1.54) is 48.5 Å². The number of carbonyl (C=O) groups is 4. The van der Waals surface area contributed by atoms with Crippen molar-refractivity contribution in [3.05, 3.63) is 64.1 Å². The van der Waals surface area contributed by atoms with Crippen molar-refractivity contribution in [2.45, 2.75) is 0 Å². The Kier molecular flexibility index (Phi) is 5.72. The van der Waals surface area contributed by atoms with Crippen LogP contribution in [0.3, 0.4) is 0 Å². The predicted octanol–water partition coefficient (Wildman–Crippen LogP) is 2.61. The molecule has 0 aliphatic carbocycles. The maximum absolute atomic E-state index is 12.6. The highest BCUT2D eigenvalue weighted by Gasteiger charge is 2.40. The fourth-order valence-electron chi connectivity index (χ4n) is 2.39. The highest BCUT2D eigenvalue weighted by atomic mass is 35.5. The lowest BCUT2D eigenvalue weighted by molar-refractivity contribution is -0.131. The van der Waals surface area contributed by atoms with Crippen LogP contribution in [-0.2, 0) is 9.59 Å². The van der Waals surface area contributed by atoms with Gasteiger partial charge < -0.3 is 0 Å². The lowest BCUT2D eigenvalue weighted by Gasteiger charge is -2.28. The zero-order valence-electron chi connectivity index (χ0n) is 14.1. The monoisotopic (exact) mass is 418 g/mol. The molecule has 1 saturated heterocycles. The number of urea groups is 1. The first-order valence-electron chi connectivity index (χ1n) is 7.90. The Morgan fingerprint density at radius 3 is 2.18 bits per heavy atom. The van der Waals surface area contributed by atoms with Crippen molar-refractivity contribution >= 4 is 58.9 Å². The summed E-state index contributed by atoms with van der Waals surface area (Å²) in [6.45, 7) is 0. The second-order valence-electron chi connectivity index (χ2n) is 5.65. The number of halogens is 2. The van der Waals surface area contributed by atoms with Crippen LogP contribution in [0.25, 0.3) is 0 Å². The summed E-state index contributed by atoms with van der Waals surface area (Å²) in [5.41, 5.74) is 2.74. The highest BCUT2D eigenvalue weighted by molar-refractivity contribution is 6.33. The topological polar surface area (TPSA) is 108 Å². The molecule has 1 aliphatic rings. The van der Waals surface area contributed by atoms with Crippen molar-refractivity contribution in [2.24, 2.45) is 11.0 Å². The molecule has 1 aliphatic heterocycles. The van der Waals surface area contributed by atoms with E-state index in [1.807, 2.05) is 0 Å². The molecule has 28 heavy (non-hydrogen) atoms. The number of hydrogen-bond acceptors (Lipinski definition) is 5. The molecule has 2 aromatic carbocycles. The van der Waals surface area contributed by atoms with E-state index in [2.05, 4.69) is 15.8 Å². The molecule has 0 radical (unpaired) electrons. The van der Waals surface area contributed by atoms with Crippen LogP contribution in [0, 0.1) is 5.92 Å². The Labute approximate surface area is 169 Å². The summed E-state index contributed by atoms with van der Waals surface area (Å²) in [5.74, 6) is -3.59. The minimum Gasteiger partial charge on any atom is -0.276 e. The van der Waals surface area contributed by atoms with Crippen LogP contribution in [0.4, 0.5) is 10.5 Å². The van der Waals surface area contributed by atoms with Crippen LogP contribution in [0.15, 0.2) is 53.6 Å². The molecule has 0 aromatic heterocycles. The molecule has 5 amide bonds. The number of hydrogen-bond donors (Lipinski definition) is 2. The number of anilines is 1. The van der Waals surface area contributed by atoms with E-state index in [4.69, 9.17) is 23.2 Å². The maximum Gasteiger partial charge on any atom is 0.335 e. The standard InChI is InChI=1S/C18H12Cl2N4O4/c19-11-3-1-10(2-4-11)15(25)23-21-9-14-16(26)22-18(28)24(17(14)27)13-7-5-12(20)6-8-13/h1-9,14H,(H,23,25)(H,22,26,28)/b21-9-/t14-/m0/s1. The summed E-state index contributed by atoms with van der Waals surface area (Å²) in [7, 11) is 0. The zero-order chi connectivity index (χ0) is 20.3. The molecule has 2 N–H and O–H groups in total. The quantitative estimate of drug-likeness (QED) is 0.451. The summed E-state index contributed by atoms with van der Waals surface area (Å²) in [5, 5.41) is 6.63. The number of amides is 5. The molecule has 0 unspecified atom stereocenters. The third kappa shape index (κ3) is 4.19. The summed E-state index contributed by atoms with van der Waals surface area (Å²) in [6, 6.07) is 11.1. The maximum atomic E-state index is 12.6. The Balaban J connectivity index is 1.74. The molecule has 0 spiro atoms. The number of nitrogens with zero attached hydrogens (tertiary/aromatic N) is 2. The second-order valence-corrected chi connectivity index (χ2v) is 6.52. The third-order valence-electron chi connectivity index (χ3n) is 3.78. The SMILES string of the molecule is O=C(N/N=C\[C@H]1C(=O)NC(=O)N(c2ccc(Cl)cc2)C1=O)c1ccc(Cl)cc1. The molecular weight excluding hydrogens is 407 g/mol. The molecule has 3 rings (SSSR count). The van der Waals surface area contributed by atoms with Crippen molar-refractivity contribution in [3.63, 3.8) is 0 Å². The minimum atomic E-state index is -1.39. The highest BCUT2D eigenvalue weighted by Crippen LogP contribution is 2.22. The normalized spacial score (nSPS) is 17.0. The lowest BCUT2D eigenvalue weighted by atomic mass is 10.1. The van der Waals surface area contributed by atoms with Gasteiger partial charge in [-0.2, -0.15) is 5.10 Å². The van der Waals surface area contributed by atoms with Crippen LogP contribution in [0.1, 0.15) is 10.4 Å². The molecule has 2 aromatic rings. The van der Waals surface area contributed by atoms with Gasteiger partial charge in [-0.25, -0.2) is 15.1 Å². The molecule has 142 valence electrons. The van der Waals surface area contributed by atoms with Crippen LogP contribution in [0.2, 0.25) is 10.0 Å². The van der Waals surface area contributed by atoms with Gasteiger partial charge in [-0.3, -0.25) is 19.7 Å². The van der Waals surface area contributed by atoms with Gasteiger partial charge in [0.1, 0.15) is 0 Å². The fraction of sp³-hybridized carbons (Fsp3) is 0.0556. The average molecular weight is 419 g/mol. The molecule has 0 saturated carbocycles. The Bertz CT molecular complexity index is 974. The number of barbiturate groups is 1. The molecule has 8 nitrogen and oxygen atoms in total. The van der Waals surface area contributed by atoms with Gasteiger partial charge in [0.25, 0.3) is 11.8 Å². The fourth-order valence-corrected chi connectivity index (χ4v) is 2.64. The van der Waals surface area contributed by atoms with Gasteiger partial charge in [-0.1, -0.05) is 23.2 Å². The van der Waals surface area contributed by atoms with E-state index in [-0.39, 0.29) is 5.69 Å². The summed E-state index contributed by atoms with van der Waals surface area (Å²) in [4.78, 5) is 49.5. The average Bonchev–Trinajstić information content (AvgIpc) is 2.66. The number of hydrazone groups is 1. The van der Waals surface area contributed by atoms with E-state index in [0.29, 0.717) is 15.6 Å². The van der Waals surface area contributed by atoms with Crippen molar-refractivity contribution < 1.29 is 19.2 Å². The first kappa shape index (κ1) is 19.5. The van der Waals surface area contributed by atoms with E-state index >= 15 is 0 Å². The second kappa shape index (κ2) is 8.20. The van der Waals surface area contributed by atoms with Gasteiger partial charge in [-0.15, -0.1) is 0 Å². The van der Waals surface area contributed by atoms with E-state index < -0.39 is 29.7 Å². The Morgan fingerprint density at radius 1 is 1.00 bits per heavy atom. The van der Waals surface area contributed by atoms with Gasteiger partial charge in [0.15, 0.2) is 5.92 Å². The summed E-state index contributed by atoms with van der Waals surface area (Å²) in [6.07, 6.45) is 0.959. The number of rotatable bonds is 4. The minimum absolute atomic E-state index is 0.239. The van der Waals surface area contributed by atoms with Gasteiger partial charge >= 0.3 is 6.03 Å². The first-order chi connectivity index (χ1) is 13.4. The van der Waals surface area contributed by atoms with Gasteiger partial charge in [0.05, 0.1) is 5.69 Å². The molecule has 1 atom stereocenters. The smallest absolute Gasteiger partial charge is 0.276 e. The first-order valence-corrected chi connectivity index (χ1v) is 8.66. The lowest BCUT2D eigenvalue weighted by Crippen LogP contribution is -2.58. The Hall–Kier alpha value is -3.23. The van der Waals surface area contributed by atoms with Crippen LogP contribution in [0.5, 0.6) is 0 Å². The number of nitrogens with one attached hydrogen (secondary N) is 2. The van der Waals surface area contributed by atoms with E-state index in [0.717, 1.165) is 11.1 Å². The summed E-state index contributed by atoms with van der Waals surface area (Å²) < 4.78 is 0. The molecule has 1 heterocycles. The van der Waals surface area contributed by atoms with Crippen molar-refractivity contribution in [1.82, 2.24) is 10.7 Å². The molecule has 0 bridgehead atoms. The predicted molar refractivity (Wildman–Crippen MR) is 103 cm³/mol. The third-order valence-corrected chi connectivity index (χ3v) is 4.29. The van der Waals surface area contributed by atoms with Crippen molar-refractivity contribution in [2.75, 3.05) is 4.90 Å². The van der Waals surface area contributed by atoms with Gasteiger partial charge in [0.2, 0.25) is 5.91 Å². The van der Waals surface area contributed by atoms with Crippen LogP contribution < -0.4 is 15.6 Å². The van der Waals surface area contributed by atoms with E-state index in [1.54, 1.807) is 0 Å². The van der Waals surface area contributed by atoms with Crippen molar-refractivity contribution in [1.29, 1.82) is 0 Å². The number of imide groups is 2. The van der Waals surface area contributed by atoms with Gasteiger partial charge in [0, 0.05) is 21.8 Å². The number of benzene rings is 2. The molecule has 10 heteroatoms. The zero-order valence-corrected chi connectivity index (χ0v) is 15.6. The van der Waals surface area contributed by atoms with Gasteiger partial charge in [-0.05, 0) is 48.5 Å². The van der Waals surface area contributed by atoms with E-state index in [9.17, 15) is 19.2 Å². The number of carbonyl (C=O) groups excluding carboxylic acids is 4. The van der Waals surface area contributed by atoms with Crippen molar-refractivity contribution in [3.8, 4) is 0 Å². The Morgan fingerprint density at radius 2 is 1.57 bits per heavy atom. The largest absolute Gasteiger partial charge is 0.335 e. The summed E-state index contributed by atoms with van der Waals surface area (Å²) >= 11 is 11.6.